The summed E-state index contributed by atoms with van der Waals surface area (Å²) in [5.74, 6) is -0.484. The fourth-order valence-corrected chi connectivity index (χ4v) is 4.10. The number of rotatable bonds is 10. The van der Waals surface area contributed by atoms with Gasteiger partial charge in [-0.15, -0.1) is 0 Å². The number of carboxylic acid groups (broad SMARTS) is 1. The molecule has 0 saturated heterocycles. The molecule has 3 aromatic carbocycles. The Morgan fingerprint density at radius 1 is 0.875 bits per heavy atom. The molecule has 0 aliphatic carbocycles. The van der Waals surface area contributed by atoms with Crippen molar-refractivity contribution >= 4 is 16.1 Å². The van der Waals surface area contributed by atoms with Gasteiger partial charge in [0.2, 0.25) is 0 Å². The number of hydroxylamine groups is 2. The molecule has 0 bridgehead atoms. The number of ether oxygens (including phenoxy) is 1. The van der Waals surface area contributed by atoms with E-state index in [4.69, 9.17) is 9.02 Å². The molecular weight excluding hydrogens is 430 g/mol. The smallest absolute Gasteiger partial charge is 0.323 e. The standard InChI is InChI=1S/C24H25NO6S/c1-18(2)23(24(26)27)25(17-19-9-5-3-6-10-19)31-32(28,29)22-15-13-21(14-16-22)30-20-11-7-4-8-12-20/h3-16,18,23H,17H2,1-2H3,(H,26,27)/t23-/m1/s1. The molecule has 0 aliphatic heterocycles. The summed E-state index contributed by atoms with van der Waals surface area (Å²) in [4.78, 5) is 11.8. The summed E-state index contributed by atoms with van der Waals surface area (Å²) in [5, 5.41) is 10.7. The van der Waals surface area contributed by atoms with Crippen LogP contribution in [0.3, 0.4) is 0 Å². The van der Waals surface area contributed by atoms with E-state index in [-0.39, 0.29) is 11.4 Å². The quantitative estimate of drug-likeness (QED) is 0.443. The van der Waals surface area contributed by atoms with Gasteiger partial charge in [0.1, 0.15) is 17.5 Å². The molecule has 7 nitrogen and oxygen atoms in total. The highest BCUT2D eigenvalue weighted by atomic mass is 32.2. The molecule has 1 N–H and O–H groups in total. The lowest BCUT2D eigenvalue weighted by Gasteiger charge is -2.29. The Morgan fingerprint density at radius 2 is 1.41 bits per heavy atom. The summed E-state index contributed by atoms with van der Waals surface area (Å²) in [6, 6.07) is 22.6. The lowest BCUT2D eigenvalue weighted by atomic mass is 10.0. The topological polar surface area (TPSA) is 93.1 Å². The minimum atomic E-state index is -4.27. The average Bonchev–Trinajstić information content (AvgIpc) is 2.75. The molecule has 0 heterocycles. The minimum absolute atomic E-state index is 0.00951. The molecule has 8 heteroatoms. The van der Waals surface area contributed by atoms with Crippen molar-refractivity contribution in [2.24, 2.45) is 5.92 Å². The van der Waals surface area contributed by atoms with Crippen LogP contribution < -0.4 is 4.74 Å². The second kappa shape index (κ2) is 10.4. The van der Waals surface area contributed by atoms with Gasteiger partial charge >= 0.3 is 16.1 Å². The minimum Gasteiger partial charge on any atom is -0.480 e. The van der Waals surface area contributed by atoms with Crippen molar-refractivity contribution in [3.8, 4) is 11.5 Å². The first-order valence-corrected chi connectivity index (χ1v) is 11.5. The first-order valence-electron chi connectivity index (χ1n) is 10.1. The van der Waals surface area contributed by atoms with E-state index in [1.54, 1.807) is 50.2 Å². The summed E-state index contributed by atoms with van der Waals surface area (Å²) in [5.41, 5.74) is 0.723. The Labute approximate surface area is 187 Å². The SMILES string of the molecule is CC(C)[C@H](C(=O)O)N(Cc1ccccc1)OS(=O)(=O)c1ccc(Oc2ccccc2)cc1. The first kappa shape index (κ1) is 23.5. The van der Waals surface area contributed by atoms with E-state index in [9.17, 15) is 18.3 Å². The first-order chi connectivity index (χ1) is 15.3. The third-order valence-corrected chi connectivity index (χ3v) is 5.90. The Bertz CT molecular complexity index is 1120. The van der Waals surface area contributed by atoms with Crippen LogP contribution in [0.2, 0.25) is 0 Å². The number of benzene rings is 3. The predicted molar refractivity (Wildman–Crippen MR) is 119 cm³/mol. The fourth-order valence-electron chi connectivity index (χ4n) is 3.14. The van der Waals surface area contributed by atoms with Crippen molar-refractivity contribution in [2.75, 3.05) is 0 Å². The van der Waals surface area contributed by atoms with Crippen LogP contribution >= 0.6 is 0 Å². The number of carbonyl (C=O) groups is 1. The molecule has 0 aromatic heterocycles. The van der Waals surface area contributed by atoms with E-state index in [1.165, 1.54) is 24.3 Å². The third-order valence-electron chi connectivity index (χ3n) is 4.66. The van der Waals surface area contributed by atoms with Gasteiger partial charge in [0.25, 0.3) is 0 Å². The van der Waals surface area contributed by atoms with Gasteiger partial charge in [-0.25, -0.2) is 0 Å². The summed E-state index contributed by atoms with van der Waals surface area (Å²) < 4.78 is 36.9. The van der Waals surface area contributed by atoms with Gasteiger partial charge < -0.3 is 9.84 Å². The van der Waals surface area contributed by atoms with Crippen molar-refractivity contribution in [3.63, 3.8) is 0 Å². The van der Waals surface area contributed by atoms with Crippen LogP contribution in [-0.4, -0.2) is 30.6 Å². The number of aliphatic carboxylic acids is 1. The average molecular weight is 456 g/mol. The molecule has 0 radical (unpaired) electrons. The Hall–Kier alpha value is -3.20. The van der Waals surface area contributed by atoms with E-state index >= 15 is 0 Å². The van der Waals surface area contributed by atoms with Gasteiger partial charge in [-0.1, -0.05) is 62.4 Å². The molecule has 0 aliphatic rings. The van der Waals surface area contributed by atoms with Gasteiger partial charge in [0.15, 0.2) is 0 Å². The Morgan fingerprint density at radius 3 is 1.94 bits per heavy atom. The van der Waals surface area contributed by atoms with E-state index < -0.39 is 28.0 Å². The third kappa shape index (κ3) is 6.16. The highest BCUT2D eigenvalue weighted by Gasteiger charge is 2.34. The zero-order chi connectivity index (χ0) is 23.1. The van der Waals surface area contributed by atoms with Crippen molar-refractivity contribution in [3.05, 3.63) is 90.5 Å². The normalized spacial score (nSPS) is 12.6. The molecule has 168 valence electrons. The maximum Gasteiger partial charge on any atom is 0.323 e. The van der Waals surface area contributed by atoms with Crippen molar-refractivity contribution in [1.29, 1.82) is 0 Å². The Kier molecular flexibility index (Phi) is 7.63. The van der Waals surface area contributed by atoms with Gasteiger partial charge in [0.05, 0.1) is 11.4 Å². The number of hydrogen-bond acceptors (Lipinski definition) is 6. The zero-order valence-electron chi connectivity index (χ0n) is 17.8. The van der Waals surface area contributed by atoms with Crippen LogP contribution in [0.25, 0.3) is 0 Å². The van der Waals surface area contributed by atoms with Crippen molar-refractivity contribution < 1.29 is 27.3 Å². The van der Waals surface area contributed by atoms with E-state index in [1.807, 2.05) is 24.3 Å². The van der Waals surface area contributed by atoms with Gasteiger partial charge in [-0.05, 0) is 47.9 Å². The number of carboxylic acids is 1. The molecular formula is C24H25NO6S. The maximum absolute atomic E-state index is 13.0. The lowest BCUT2D eigenvalue weighted by Crippen LogP contribution is -2.45. The summed E-state index contributed by atoms with van der Waals surface area (Å²) in [6.07, 6.45) is 0. The fraction of sp³-hybridized carbons (Fsp3) is 0.208. The number of hydrogen-bond donors (Lipinski definition) is 1. The molecule has 0 saturated carbocycles. The van der Waals surface area contributed by atoms with Crippen LogP contribution in [0.15, 0.2) is 89.8 Å². The van der Waals surface area contributed by atoms with Crippen LogP contribution in [0.1, 0.15) is 19.4 Å². The second-order valence-electron chi connectivity index (χ2n) is 7.50. The molecule has 1 atom stereocenters. The molecule has 32 heavy (non-hydrogen) atoms. The molecule has 0 spiro atoms. The van der Waals surface area contributed by atoms with Crippen LogP contribution in [0.4, 0.5) is 0 Å². The highest BCUT2D eigenvalue weighted by molar-refractivity contribution is 7.86. The predicted octanol–water partition coefficient (Wildman–Crippen LogP) is 4.71. The molecule has 0 amide bonds. The summed E-state index contributed by atoms with van der Waals surface area (Å²) in [7, 11) is -4.27. The van der Waals surface area contributed by atoms with E-state index in [2.05, 4.69) is 0 Å². The lowest BCUT2D eigenvalue weighted by molar-refractivity contribution is -0.166. The number of nitrogens with zero attached hydrogens (tertiary/aromatic N) is 1. The molecule has 0 unspecified atom stereocenters. The Balaban J connectivity index is 1.83. The summed E-state index contributed by atoms with van der Waals surface area (Å²) in [6.45, 7) is 3.38. The van der Waals surface area contributed by atoms with Crippen LogP contribution in [-0.2, 0) is 25.7 Å². The highest BCUT2D eigenvalue weighted by Crippen LogP contribution is 2.25. The van der Waals surface area contributed by atoms with Gasteiger partial charge in [0, 0.05) is 0 Å². The molecule has 3 rings (SSSR count). The van der Waals surface area contributed by atoms with Gasteiger partial charge in [-0.2, -0.15) is 17.8 Å². The van der Waals surface area contributed by atoms with Crippen molar-refractivity contribution in [2.45, 2.75) is 31.3 Å². The second-order valence-corrected chi connectivity index (χ2v) is 9.03. The van der Waals surface area contributed by atoms with Crippen LogP contribution in [0, 0.1) is 5.92 Å². The maximum atomic E-state index is 13.0. The van der Waals surface area contributed by atoms with E-state index in [0.717, 1.165) is 10.6 Å². The van der Waals surface area contributed by atoms with E-state index in [0.29, 0.717) is 11.5 Å². The van der Waals surface area contributed by atoms with Crippen molar-refractivity contribution in [1.82, 2.24) is 5.06 Å². The molecule has 0 fully saturated rings. The molecule has 3 aromatic rings. The monoisotopic (exact) mass is 455 g/mol. The number of para-hydroxylation sites is 1. The largest absolute Gasteiger partial charge is 0.480 e. The van der Waals surface area contributed by atoms with Gasteiger partial charge in [-0.3, -0.25) is 4.79 Å². The zero-order valence-corrected chi connectivity index (χ0v) is 18.6. The summed E-state index contributed by atoms with van der Waals surface area (Å²) >= 11 is 0. The van der Waals surface area contributed by atoms with Crippen LogP contribution in [0.5, 0.6) is 11.5 Å².